The molecule has 20 heavy (non-hydrogen) atoms. The Balaban J connectivity index is 2.46. The van der Waals surface area contributed by atoms with E-state index in [1.807, 2.05) is 6.26 Å². The van der Waals surface area contributed by atoms with Gasteiger partial charge < -0.3 is 20.3 Å². The summed E-state index contributed by atoms with van der Waals surface area (Å²) < 4.78 is 5.12. The van der Waals surface area contributed by atoms with Crippen LogP contribution in [-0.4, -0.2) is 46.7 Å². The van der Waals surface area contributed by atoms with E-state index in [-0.39, 0.29) is 18.1 Å². The van der Waals surface area contributed by atoms with Crippen LogP contribution in [0.25, 0.3) is 0 Å². The molecule has 110 valence electrons. The number of benzene rings is 1. The van der Waals surface area contributed by atoms with Crippen molar-refractivity contribution in [2.45, 2.75) is 12.5 Å². The van der Waals surface area contributed by atoms with E-state index in [9.17, 15) is 14.7 Å². The molecule has 0 aliphatic rings. The number of hydrogen-bond donors (Lipinski definition) is 3. The largest absolute Gasteiger partial charge is 0.504 e. The van der Waals surface area contributed by atoms with Gasteiger partial charge in [-0.1, -0.05) is 12.1 Å². The average Bonchev–Trinajstić information content (AvgIpc) is 2.42. The Bertz CT molecular complexity index is 466. The maximum atomic E-state index is 11.6. The van der Waals surface area contributed by atoms with Crippen LogP contribution in [0.2, 0.25) is 0 Å². The molecule has 0 spiro atoms. The SMILES string of the molecule is CSCC[C@@H](NC(=O)COc1ccccc1O)C(=O)O. The number of hydrogen-bond acceptors (Lipinski definition) is 5. The molecule has 1 aromatic carbocycles. The van der Waals surface area contributed by atoms with Gasteiger partial charge in [0, 0.05) is 0 Å². The highest BCUT2D eigenvalue weighted by Gasteiger charge is 2.19. The average molecular weight is 299 g/mol. The Labute approximate surface area is 121 Å². The Morgan fingerprint density at radius 1 is 1.40 bits per heavy atom. The summed E-state index contributed by atoms with van der Waals surface area (Å²) in [5.41, 5.74) is 0. The highest BCUT2D eigenvalue weighted by Crippen LogP contribution is 2.23. The fourth-order valence-corrected chi connectivity index (χ4v) is 1.92. The second-order valence-corrected chi connectivity index (χ2v) is 4.98. The molecule has 6 nitrogen and oxygen atoms in total. The molecule has 0 heterocycles. The summed E-state index contributed by atoms with van der Waals surface area (Å²) in [6, 6.07) is 5.32. The summed E-state index contributed by atoms with van der Waals surface area (Å²) in [7, 11) is 0. The molecule has 0 saturated heterocycles. The molecular weight excluding hydrogens is 282 g/mol. The molecule has 0 aliphatic carbocycles. The lowest BCUT2D eigenvalue weighted by molar-refractivity contribution is -0.142. The minimum absolute atomic E-state index is 0.0718. The predicted molar refractivity (Wildman–Crippen MR) is 76.2 cm³/mol. The van der Waals surface area contributed by atoms with Gasteiger partial charge >= 0.3 is 5.97 Å². The van der Waals surface area contributed by atoms with Gasteiger partial charge in [0.1, 0.15) is 6.04 Å². The van der Waals surface area contributed by atoms with Crippen LogP contribution in [0.4, 0.5) is 0 Å². The smallest absolute Gasteiger partial charge is 0.326 e. The Morgan fingerprint density at radius 2 is 2.10 bits per heavy atom. The number of nitrogens with one attached hydrogen (secondary N) is 1. The second-order valence-electron chi connectivity index (χ2n) is 4.00. The Morgan fingerprint density at radius 3 is 2.70 bits per heavy atom. The van der Waals surface area contributed by atoms with Crippen LogP contribution < -0.4 is 10.1 Å². The van der Waals surface area contributed by atoms with E-state index in [0.29, 0.717) is 12.2 Å². The number of carboxylic acids is 1. The first-order valence-corrected chi connectivity index (χ1v) is 7.36. The lowest BCUT2D eigenvalue weighted by atomic mass is 10.2. The number of aromatic hydroxyl groups is 1. The zero-order chi connectivity index (χ0) is 15.0. The van der Waals surface area contributed by atoms with Gasteiger partial charge in [0.05, 0.1) is 0 Å². The maximum Gasteiger partial charge on any atom is 0.326 e. The molecule has 0 aromatic heterocycles. The number of thioether (sulfide) groups is 1. The van der Waals surface area contributed by atoms with E-state index in [4.69, 9.17) is 9.84 Å². The first-order chi connectivity index (χ1) is 9.54. The molecule has 7 heteroatoms. The molecule has 0 unspecified atom stereocenters. The molecule has 3 N–H and O–H groups in total. The molecule has 0 saturated carbocycles. The fraction of sp³-hybridized carbons (Fsp3) is 0.385. The van der Waals surface area contributed by atoms with E-state index in [0.717, 1.165) is 0 Å². The summed E-state index contributed by atoms with van der Waals surface area (Å²) in [6.07, 6.45) is 2.21. The van der Waals surface area contributed by atoms with E-state index < -0.39 is 17.9 Å². The predicted octanol–water partition coefficient (Wildman–Crippen LogP) is 1.09. The third-order valence-electron chi connectivity index (χ3n) is 2.47. The first kappa shape index (κ1) is 16.2. The Hall–Kier alpha value is -1.89. The van der Waals surface area contributed by atoms with Gasteiger partial charge in [0.25, 0.3) is 5.91 Å². The van der Waals surface area contributed by atoms with Crippen LogP contribution >= 0.6 is 11.8 Å². The number of carbonyl (C=O) groups excluding carboxylic acids is 1. The van der Waals surface area contributed by atoms with Crippen LogP contribution in [0.5, 0.6) is 11.5 Å². The maximum absolute atomic E-state index is 11.6. The van der Waals surface area contributed by atoms with Gasteiger partial charge in [-0.05, 0) is 30.6 Å². The monoisotopic (exact) mass is 299 g/mol. The number of phenolic OH excluding ortho intramolecular Hbond substituents is 1. The minimum atomic E-state index is -1.07. The minimum Gasteiger partial charge on any atom is -0.504 e. The van der Waals surface area contributed by atoms with Gasteiger partial charge in [-0.15, -0.1) is 0 Å². The number of ether oxygens (including phenoxy) is 1. The Kier molecular flexibility index (Phi) is 6.72. The van der Waals surface area contributed by atoms with Crippen molar-refractivity contribution in [1.82, 2.24) is 5.32 Å². The molecule has 0 fully saturated rings. The van der Waals surface area contributed by atoms with Crippen LogP contribution in [0.3, 0.4) is 0 Å². The van der Waals surface area contributed by atoms with Crippen molar-refractivity contribution in [3.8, 4) is 11.5 Å². The normalized spacial score (nSPS) is 11.7. The molecule has 1 rings (SSSR count). The van der Waals surface area contributed by atoms with E-state index in [2.05, 4.69) is 5.32 Å². The van der Waals surface area contributed by atoms with Gasteiger partial charge in [0.2, 0.25) is 0 Å². The third-order valence-corrected chi connectivity index (χ3v) is 3.11. The van der Waals surface area contributed by atoms with Crippen LogP contribution in [0, 0.1) is 0 Å². The second kappa shape index (κ2) is 8.31. The third kappa shape index (κ3) is 5.40. The molecular formula is C13H17NO5S. The highest BCUT2D eigenvalue weighted by molar-refractivity contribution is 7.98. The first-order valence-electron chi connectivity index (χ1n) is 5.96. The van der Waals surface area contributed by atoms with Crippen molar-refractivity contribution < 1.29 is 24.5 Å². The van der Waals surface area contributed by atoms with E-state index >= 15 is 0 Å². The number of carbonyl (C=O) groups is 2. The number of rotatable bonds is 8. The zero-order valence-corrected chi connectivity index (χ0v) is 11.9. The summed E-state index contributed by atoms with van der Waals surface area (Å²) >= 11 is 1.51. The van der Waals surface area contributed by atoms with Gasteiger partial charge in [-0.3, -0.25) is 4.79 Å². The number of carboxylic acid groups (broad SMARTS) is 1. The standard InChI is InChI=1S/C13H17NO5S/c1-20-7-6-9(13(17)18)14-12(16)8-19-11-5-3-2-4-10(11)15/h2-5,9,15H,6-8H2,1H3,(H,14,16)(H,17,18)/t9-/m1/s1. The quantitative estimate of drug-likeness (QED) is 0.665. The van der Waals surface area contributed by atoms with Crippen LogP contribution in [-0.2, 0) is 9.59 Å². The van der Waals surface area contributed by atoms with Gasteiger partial charge in [-0.2, -0.15) is 11.8 Å². The van der Waals surface area contributed by atoms with Crippen molar-refractivity contribution in [2.24, 2.45) is 0 Å². The topological polar surface area (TPSA) is 95.9 Å². The lowest BCUT2D eigenvalue weighted by Crippen LogP contribution is -2.43. The number of amides is 1. The zero-order valence-electron chi connectivity index (χ0n) is 11.0. The lowest BCUT2D eigenvalue weighted by Gasteiger charge is -2.14. The molecule has 1 atom stereocenters. The van der Waals surface area contributed by atoms with Crippen molar-refractivity contribution in [2.75, 3.05) is 18.6 Å². The van der Waals surface area contributed by atoms with Crippen LogP contribution in [0.15, 0.2) is 24.3 Å². The molecule has 1 aromatic rings. The summed E-state index contributed by atoms with van der Waals surface area (Å²) in [4.78, 5) is 22.6. The summed E-state index contributed by atoms with van der Waals surface area (Å²) in [5, 5.41) is 20.8. The van der Waals surface area contributed by atoms with Gasteiger partial charge in [-0.25, -0.2) is 4.79 Å². The van der Waals surface area contributed by atoms with E-state index in [1.54, 1.807) is 12.1 Å². The van der Waals surface area contributed by atoms with E-state index in [1.165, 1.54) is 23.9 Å². The molecule has 0 aliphatic heterocycles. The highest BCUT2D eigenvalue weighted by atomic mass is 32.2. The van der Waals surface area contributed by atoms with Crippen molar-refractivity contribution in [3.05, 3.63) is 24.3 Å². The summed E-state index contributed by atoms with van der Waals surface area (Å²) in [5.74, 6) is -0.870. The fourth-order valence-electron chi connectivity index (χ4n) is 1.45. The molecule has 0 bridgehead atoms. The molecule has 1 amide bonds. The number of para-hydroxylation sites is 2. The number of aliphatic carboxylic acids is 1. The van der Waals surface area contributed by atoms with Gasteiger partial charge in [0.15, 0.2) is 18.1 Å². The number of phenols is 1. The molecule has 0 radical (unpaired) electrons. The van der Waals surface area contributed by atoms with Crippen LogP contribution in [0.1, 0.15) is 6.42 Å². The van der Waals surface area contributed by atoms with Crippen molar-refractivity contribution in [1.29, 1.82) is 0 Å². The summed E-state index contributed by atoms with van der Waals surface area (Å²) in [6.45, 7) is -0.347. The van der Waals surface area contributed by atoms with Crippen molar-refractivity contribution in [3.63, 3.8) is 0 Å². The van der Waals surface area contributed by atoms with Crippen molar-refractivity contribution >= 4 is 23.6 Å².